The van der Waals surface area contributed by atoms with E-state index in [0.717, 1.165) is 25.9 Å². The minimum atomic E-state index is -4.50. The predicted octanol–water partition coefficient (Wildman–Crippen LogP) is 9.71. The summed E-state index contributed by atoms with van der Waals surface area (Å²) in [6, 6.07) is 36.0. The zero-order valence-corrected chi connectivity index (χ0v) is 33.6. The molecule has 0 spiro atoms. The summed E-state index contributed by atoms with van der Waals surface area (Å²) in [5.41, 5.74) is -1.09. The first-order valence-electron chi connectivity index (χ1n) is 17.2. The number of halogens is 7. The first-order valence-corrected chi connectivity index (χ1v) is 21.0. The van der Waals surface area contributed by atoms with Crippen LogP contribution in [-0.4, -0.2) is 66.1 Å². The van der Waals surface area contributed by atoms with Crippen LogP contribution in [-0.2, 0) is 12.4 Å². The molecule has 10 rings (SSSR count). The van der Waals surface area contributed by atoms with Crippen LogP contribution in [0.5, 0.6) is 0 Å². The Hall–Kier alpha value is -5.11. The van der Waals surface area contributed by atoms with Gasteiger partial charge in [0, 0.05) is 5.39 Å². The van der Waals surface area contributed by atoms with Crippen LogP contribution in [0.4, 0.5) is 26.3 Å². The molecule has 0 atom stereocenters. The van der Waals surface area contributed by atoms with Crippen molar-refractivity contribution in [3.8, 4) is 10.1 Å². The van der Waals surface area contributed by atoms with Crippen LogP contribution >= 0.6 is 11.6 Å². The SMILES string of the molecule is FC(F)(F)c1c2ccccc2cc2c(-c3cc4ccccc4[se]3)ncnc12.FC(F)(F)c1c2ccccc2cc2c(Cl)ncnc12.OB(O)c1cc2ccccc2[se]1. The fourth-order valence-electron chi connectivity index (χ4n) is 6.70. The van der Waals surface area contributed by atoms with Gasteiger partial charge in [-0.1, -0.05) is 35.9 Å². The van der Waals surface area contributed by atoms with Crippen molar-refractivity contribution in [3.05, 3.63) is 150 Å². The molecule has 58 heavy (non-hydrogen) atoms. The van der Waals surface area contributed by atoms with E-state index in [4.69, 9.17) is 21.6 Å². The van der Waals surface area contributed by atoms with Crippen LogP contribution in [0.3, 0.4) is 0 Å². The summed E-state index contributed by atoms with van der Waals surface area (Å²) in [4.78, 5) is 15.9. The molecule has 0 radical (unpaired) electrons. The summed E-state index contributed by atoms with van der Waals surface area (Å²) in [5.74, 6) is 0. The molecule has 6 nitrogen and oxygen atoms in total. The molecule has 0 bridgehead atoms. The van der Waals surface area contributed by atoms with Gasteiger partial charge in [0.1, 0.15) is 11.5 Å². The van der Waals surface area contributed by atoms with Gasteiger partial charge in [-0.15, -0.1) is 0 Å². The Balaban J connectivity index is 0.000000132. The van der Waals surface area contributed by atoms with Gasteiger partial charge in [0.25, 0.3) is 0 Å². The Kier molecular flexibility index (Phi) is 10.9. The maximum atomic E-state index is 13.9. The molecule has 10 aromatic rings. The van der Waals surface area contributed by atoms with Crippen molar-refractivity contribution in [2.45, 2.75) is 12.4 Å². The van der Waals surface area contributed by atoms with Gasteiger partial charge in [0.15, 0.2) is 0 Å². The van der Waals surface area contributed by atoms with Crippen LogP contribution in [0.1, 0.15) is 11.1 Å². The normalized spacial score (nSPS) is 11.9. The molecule has 16 heteroatoms. The first kappa shape index (κ1) is 39.7. The summed E-state index contributed by atoms with van der Waals surface area (Å²) >= 11 is 5.96. The number of nitrogens with zero attached hydrogens (tertiary/aromatic N) is 4. The van der Waals surface area contributed by atoms with E-state index in [1.165, 1.54) is 27.0 Å². The summed E-state index contributed by atoms with van der Waals surface area (Å²) in [6.07, 6.45) is -6.73. The Morgan fingerprint density at radius 3 is 1.50 bits per heavy atom. The van der Waals surface area contributed by atoms with Crippen molar-refractivity contribution in [3.63, 3.8) is 0 Å². The molecule has 2 N–H and O–H groups in total. The third-order valence-corrected chi connectivity index (χ3v) is 14.3. The van der Waals surface area contributed by atoms with Crippen LogP contribution < -0.4 is 4.34 Å². The van der Waals surface area contributed by atoms with Gasteiger partial charge in [-0.2, -0.15) is 13.2 Å². The zero-order valence-electron chi connectivity index (χ0n) is 29.4. The molecule has 0 fully saturated rings. The second-order valence-electron chi connectivity index (χ2n) is 12.8. The number of hydrogen-bond acceptors (Lipinski definition) is 6. The van der Waals surface area contributed by atoms with Crippen LogP contribution in [0.25, 0.3) is 72.8 Å². The molecule has 0 saturated heterocycles. The van der Waals surface area contributed by atoms with E-state index in [1.54, 1.807) is 48.5 Å². The van der Waals surface area contributed by atoms with Gasteiger partial charge < -0.3 is 0 Å². The number of fused-ring (bicyclic) bond motifs is 6. The quantitative estimate of drug-likeness (QED) is 0.0777. The Morgan fingerprint density at radius 2 is 0.966 bits per heavy atom. The fourth-order valence-corrected chi connectivity index (χ4v) is 11.1. The van der Waals surface area contributed by atoms with Crippen molar-refractivity contribution in [1.82, 2.24) is 19.9 Å². The minimum absolute atomic E-state index is 0.00190. The number of alkyl halides is 6. The van der Waals surface area contributed by atoms with E-state index >= 15 is 0 Å². The standard InChI is InChI=1S/C21H11F3N2Se.C13H6ClF3N2.C8H7BO2Se/c22-21(23,24)18-14-7-3-1-5-12(14)9-15-19(25-11-26-20(15)18)17-10-13-6-2-4-8-16(13)27-17;14-12-9-5-7-3-1-2-4-8(7)10(13(15,16)17)11(9)18-6-19-12;10-9(11)8-5-6-3-1-2-4-7(6)12-8/h1-11H;1-6H;1-5,10-11H. The van der Waals surface area contributed by atoms with Gasteiger partial charge in [-0.3, -0.25) is 0 Å². The van der Waals surface area contributed by atoms with Gasteiger partial charge >= 0.3 is 240 Å². The van der Waals surface area contributed by atoms with Crippen LogP contribution in [0, 0.1) is 0 Å². The van der Waals surface area contributed by atoms with E-state index in [-0.39, 0.29) is 61.4 Å². The van der Waals surface area contributed by atoms with Crippen molar-refractivity contribution in [2.75, 3.05) is 0 Å². The molecule has 4 heterocycles. The van der Waals surface area contributed by atoms with E-state index in [9.17, 15) is 26.3 Å². The molecule has 288 valence electrons. The van der Waals surface area contributed by atoms with E-state index < -0.39 is 30.6 Å². The fraction of sp³-hybridized carbons (Fsp3) is 0.0476. The Bertz CT molecular complexity index is 3070. The van der Waals surface area contributed by atoms with E-state index in [0.29, 0.717) is 21.9 Å². The number of aromatic nitrogens is 4. The van der Waals surface area contributed by atoms with Crippen molar-refractivity contribution < 1.29 is 36.4 Å². The molecule has 0 aliphatic rings. The van der Waals surface area contributed by atoms with Gasteiger partial charge in [-0.05, 0) is 16.8 Å². The Morgan fingerprint density at radius 1 is 0.500 bits per heavy atom. The summed E-state index contributed by atoms with van der Waals surface area (Å²) in [6.45, 7) is 0. The second kappa shape index (κ2) is 15.9. The van der Waals surface area contributed by atoms with Crippen LogP contribution in [0.2, 0.25) is 5.15 Å². The predicted molar refractivity (Wildman–Crippen MR) is 220 cm³/mol. The molecular formula is C42H24BClF6N4O2Se2. The van der Waals surface area contributed by atoms with E-state index in [1.807, 2.05) is 54.6 Å². The first-order chi connectivity index (χ1) is 27.8. The third-order valence-electron chi connectivity index (χ3n) is 9.18. The summed E-state index contributed by atoms with van der Waals surface area (Å²) < 4.78 is 85.7. The van der Waals surface area contributed by atoms with Gasteiger partial charge in [0.2, 0.25) is 0 Å². The molecule has 6 aromatic carbocycles. The zero-order chi connectivity index (χ0) is 40.8. The molecule has 0 saturated carbocycles. The monoisotopic (exact) mass is 936 g/mol. The molecule has 0 amide bonds. The molecular weight excluding hydrogens is 911 g/mol. The third kappa shape index (κ3) is 7.87. The number of rotatable bonds is 2. The van der Waals surface area contributed by atoms with E-state index in [2.05, 4.69) is 26.0 Å². The van der Waals surface area contributed by atoms with Crippen molar-refractivity contribution in [2.24, 2.45) is 0 Å². The average molecular weight is 935 g/mol. The van der Waals surface area contributed by atoms with Gasteiger partial charge in [0.05, 0.1) is 11.1 Å². The van der Waals surface area contributed by atoms with Gasteiger partial charge in [-0.25, -0.2) is 9.97 Å². The molecule has 0 aliphatic carbocycles. The molecule has 0 unspecified atom stereocenters. The van der Waals surface area contributed by atoms with Crippen molar-refractivity contribution in [1.29, 1.82) is 0 Å². The molecule has 4 aromatic heterocycles. The maximum absolute atomic E-state index is 13.9. The topological polar surface area (TPSA) is 92.0 Å². The average Bonchev–Trinajstić information content (AvgIpc) is 3.84. The number of benzene rings is 6. The van der Waals surface area contributed by atoms with Crippen LogP contribution in [0.15, 0.2) is 134 Å². The summed E-state index contributed by atoms with van der Waals surface area (Å²) in [5, 5.41) is 22.0. The summed E-state index contributed by atoms with van der Waals surface area (Å²) in [7, 11) is -1.28. The molecule has 0 aliphatic heterocycles. The second-order valence-corrected chi connectivity index (χ2v) is 17.8. The van der Waals surface area contributed by atoms with Crippen molar-refractivity contribution >= 4 is 115 Å². The Labute approximate surface area is 342 Å². The number of hydrogen-bond donors (Lipinski definition) is 2.